The molecule has 36 heavy (non-hydrogen) atoms. The predicted octanol–water partition coefficient (Wildman–Crippen LogP) is 6.19. The lowest BCUT2D eigenvalue weighted by molar-refractivity contribution is 1.22. The number of aromatic amines is 4. The van der Waals surface area contributed by atoms with Crippen molar-refractivity contribution in [1.82, 2.24) is 39.9 Å². The van der Waals surface area contributed by atoms with Gasteiger partial charge in [-0.2, -0.15) is 0 Å². The first-order valence-corrected chi connectivity index (χ1v) is 11.7. The summed E-state index contributed by atoms with van der Waals surface area (Å²) in [5, 5.41) is 0. The zero-order valence-corrected chi connectivity index (χ0v) is 18.9. The Balaban J connectivity index is 1.17. The van der Waals surface area contributed by atoms with Gasteiger partial charge in [-0.25, -0.2) is 19.9 Å². The summed E-state index contributed by atoms with van der Waals surface area (Å²) in [5.41, 5.74) is 9.69. The number of hydrogen-bond donors (Lipinski definition) is 4. The third kappa shape index (κ3) is 2.94. The van der Waals surface area contributed by atoms with Crippen molar-refractivity contribution in [2.45, 2.75) is 0 Å². The first-order chi connectivity index (χ1) is 17.8. The fraction of sp³-hybridized carbons (Fsp3) is 0. The number of hydrogen-bond acceptors (Lipinski definition) is 4. The van der Waals surface area contributed by atoms with Crippen LogP contribution in [0.2, 0.25) is 0 Å². The topological polar surface area (TPSA) is 115 Å². The van der Waals surface area contributed by atoms with Gasteiger partial charge < -0.3 is 19.9 Å². The SMILES string of the molecule is c1ccc2[nH]c(-c3nc4ccc(-c5ccc6nc(-c7nc8ccccc8[nH]7)[nH]c6c5)cc4[nH]3)nc2c1. The molecule has 4 heterocycles. The number of H-pyrrole nitrogens is 4. The third-order valence-corrected chi connectivity index (χ3v) is 6.52. The zero-order valence-electron chi connectivity index (χ0n) is 18.9. The van der Waals surface area contributed by atoms with Crippen LogP contribution in [0.5, 0.6) is 0 Å². The van der Waals surface area contributed by atoms with Crippen molar-refractivity contribution in [1.29, 1.82) is 0 Å². The van der Waals surface area contributed by atoms with Crippen LogP contribution in [-0.2, 0) is 0 Å². The zero-order chi connectivity index (χ0) is 23.6. The van der Waals surface area contributed by atoms with Gasteiger partial charge in [0.25, 0.3) is 0 Å². The van der Waals surface area contributed by atoms with Gasteiger partial charge in [0.05, 0.1) is 44.1 Å². The quantitative estimate of drug-likeness (QED) is 0.248. The number of benzene rings is 4. The van der Waals surface area contributed by atoms with Gasteiger partial charge in [0.2, 0.25) is 0 Å². The summed E-state index contributed by atoms with van der Waals surface area (Å²) in [6, 6.07) is 28.4. The summed E-state index contributed by atoms with van der Waals surface area (Å²) in [5.74, 6) is 2.90. The van der Waals surface area contributed by atoms with Crippen LogP contribution in [0.4, 0.5) is 0 Å². The van der Waals surface area contributed by atoms with Crippen LogP contribution in [0.1, 0.15) is 0 Å². The van der Waals surface area contributed by atoms with E-state index >= 15 is 0 Å². The van der Waals surface area contributed by atoms with Crippen molar-refractivity contribution in [2.24, 2.45) is 0 Å². The Bertz CT molecular complexity index is 1850. The molecule has 0 fully saturated rings. The molecular formula is C28H18N8. The van der Waals surface area contributed by atoms with Gasteiger partial charge in [-0.05, 0) is 59.7 Å². The highest BCUT2D eigenvalue weighted by Gasteiger charge is 2.13. The first kappa shape index (κ1) is 19.1. The summed E-state index contributed by atoms with van der Waals surface area (Å²) in [6.45, 7) is 0. The first-order valence-electron chi connectivity index (χ1n) is 11.7. The van der Waals surface area contributed by atoms with E-state index in [2.05, 4.69) is 54.2 Å². The molecule has 8 aromatic rings. The van der Waals surface area contributed by atoms with Crippen LogP contribution in [-0.4, -0.2) is 39.9 Å². The highest BCUT2D eigenvalue weighted by atomic mass is 15.0. The third-order valence-electron chi connectivity index (χ3n) is 6.52. The van der Waals surface area contributed by atoms with Crippen molar-refractivity contribution >= 4 is 44.1 Å². The molecule has 0 atom stereocenters. The molecule has 0 saturated carbocycles. The molecule has 8 nitrogen and oxygen atoms in total. The van der Waals surface area contributed by atoms with Crippen LogP contribution in [0.3, 0.4) is 0 Å². The molecule has 0 unspecified atom stereocenters. The Morgan fingerprint density at radius 2 is 0.722 bits per heavy atom. The molecule has 0 bridgehead atoms. The molecule has 4 N–H and O–H groups in total. The molecule has 4 aromatic heterocycles. The molecule has 8 rings (SSSR count). The highest BCUT2D eigenvalue weighted by Crippen LogP contribution is 2.29. The van der Waals surface area contributed by atoms with E-state index in [1.165, 1.54) is 0 Å². The number of nitrogens with zero attached hydrogens (tertiary/aromatic N) is 4. The Morgan fingerprint density at radius 1 is 0.361 bits per heavy atom. The second kappa shape index (κ2) is 7.13. The number of nitrogens with one attached hydrogen (secondary N) is 4. The van der Waals surface area contributed by atoms with Gasteiger partial charge >= 0.3 is 0 Å². The molecule has 0 radical (unpaired) electrons. The maximum Gasteiger partial charge on any atom is 0.174 e. The molecule has 0 aliphatic heterocycles. The Labute approximate surface area is 203 Å². The van der Waals surface area contributed by atoms with E-state index in [-0.39, 0.29) is 0 Å². The molecule has 4 aromatic carbocycles. The summed E-state index contributed by atoms with van der Waals surface area (Å²) in [7, 11) is 0. The van der Waals surface area contributed by atoms with Gasteiger partial charge in [-0.1, -0.05) is 36.4 Å². The van der Waals surface area contributed by atoms with Crippen molar-refractivity contribution < 1.29 is 0 Å². The lowest BCUT2D eigenvalue weighted by Gasteiger charge is -2.01. The van der Waals surface area contributed by atoms with Gasteiger partial charge in [0, 0.05) is 0 Å². The minimum atomic E-state index is 0.720. The van der Waals surface area contributed by atoms with Crippen molar-refractivity contribution in [3.63, 3.8) is 0 Å². The summed E-state index contributed by atoms with van der Waals surface area (Å²) >= 11 is 0. The maximum atomic E-state index is 4.74. The number of fused-ring (bicyclic) bond motifs is 4. The molecule has 0 spiro atoms. The van der Waals surface area contributed by atoms with Crippen molar-refractivity contribution in [3.8, 4) is 34.4 Å². The smallest absolute Gasteiger partial charge is 0.174 e. The fourth-order valence-corrected chi connectivity index (χ4v) is 4.73. The van der Waals surface area contributed by atoms with Crippen molar-refractivity contribution in [2.75, 3.05) is 0 Å². The number of rotatable bonds is 3. The van der Waals surface area contributed by atoms with E-state index in [1.54, 1.807) is 0 Å². The summed E-state index contributed by atoms with van der Waals surface area (Å²) in [6.07, 6.45) is 0. The summed E-state index contributed by atoms with van der Waals surface area (Å²) in [4.78, 5) is 32.3. The molecule has 0 amide bonds. The van der Waals surface area contributed by atoms with E-state index in [4.69, 9.17) is 9.97 Å². The van der Waals surface area contributed by atoms with E-state index in [0.717, 1.165) is 78.6 Å². The number of imidazole rings is 4. The Hall–Kier alpha value is -5.24. The fourth-order valence-electron chi connectivity index (χ4n) is 4.73. The molecule has 0 aliphatic rings. The number of aromatic nitrogens is 8. The Morgan fingerprint density at radius 3 is 1.14 bits per heavy atom. The molecule has 0 saturated heterocycles. The van der Waals surface area contributed by atoms with Gasteiger partial charge in [0.15, 0.2) is 23.3 Å². The molecule has 8 heteroatoms. The van der Waals surface area contributed by atoms with Gasteiger partial charge in [-0.15, -0.1) is 0 Å². The van der Waals surface area contributed by atoms with Gasteiger partial charge in [-0.3, -0.25) is 0 Å². The Kier molecular flexibility index (Phi) is 3.78. The predicted molar refractivity (Wildman–Crippen MR) is 141 cm³/mol. The van der Waals surface area contributed by atoms with Crippen LogP contribution in [0, 0.1) is 0 Å². The van der Waals surface area contributed by atoms with E-state index in [0.29, 0.717) is 0 Å². The molecule has 0 aliphatic carbocycles. The average Bonchev–Trinajstić information content (AvgIpc) is 3.69. The standard InChI is InChI=1S/C28H18N8/c1-2-6-18-17(5-1)29-25(30-18)27-33-21-11-9-15(13-23(21)35-27)16-10-12-22-24(14-16)36-28(34-22)26-31-19-7-3-4-8-20(19)32-26/h1-14H,(H,29,30)(H,31,32)(H,33,35)(H,34,36). The van der Waals surface area contributed by atoms with Crippen LogP contribution >= 0.6 is 0 Å². The van der Waals surface area contributed by atoms with Gasteiger partial charge in [0.1, 0.15) is 0 Å². The second-order valence-electron chi connectivity index (χ2n) is 8.84. The maximum absolute atomic E-state index is 4.74. The number of para-hydroxylation sites is 4. The van der Waals surface area contributed by atoms with Crippen LogP contribution in [0.15, 0.2) is 84.9 Å². The van der Waals surface area contributed by atoms with Crippen molar-refractivity contribution in [3.05, 3.63) is 84.9 Å². The van der Waals surface area contributed by atoms with Crippen LogP contribution in [0.25, 0.3) is 78.6 Å². The lowest BCUT2D eigenvalue weighted by Crippen LogP contribution is -1.82. The minimum absolute atomic E-state index is 0.720. The largest absolute Gasteiger partial charge is 0.335 e. The van der Waals surface area contributed by atoms with E-state index in [1.807, 2.05) is 60.7 Å². The normalized spacial score (nSPS) is 11.9. The lowest BCUT2D eigenvalue weighted by atomic mass is 10.0. The van der Waals surface area contributed by atoms with Crippen LogP contribution < -0.4 is 0 Å². The summed E-state index contributed by atoms with van der Waals surface area (Å²) < 4.78 is 0. The molecule has 170 valence electrons. The average molecular weight is 467 g/mol. The van der Waals surface area contributed by atoms with E-state index in [9.17, 15) is 0 Å². The monoisotopic (exact) mass is 466 g/mol. The highest BCUT2D eigenvalue weighted by molar-refractivity contribution is 5.89. The molecular weight excluding hydrogens is 448 g/mol. The minimum Gasteiger partial charge on any atom is -0.335 e. The second-order valence-corrected chi connectivity index (χ2v) is 8.84. The van der Waals surface area contributed by atoms with E-state index < -0.39 is 0 Å².